The molecule has 2 N–H and O–H groups in total. The Balaban J connectivity index is 1.42. The minimum absolute atomic E-state index is 0.0872. The van der Waals surface area contributed by atoms with Crippen LogP contribution in [0, 0.1) is 0 Å². The lowest BCUT2D eigenvalue weighted by Crippen LogP contribution is -2.28. The van der Waals surface area contributed by atoms with Gasteiger partial charge in [-0.05, 0) is 66.6 Å². The molecule has 0 spiro atoms. The number of rotatable bonds is 10. The zero-order valence-corrected chi connectivity index (χ0v) is 19.7. The Kier molecular flexibility index (Phi) is 8.62. The van der Waals surface area contributed by atoms with E-state index >= 15 is 0 Å². The van der Waals surface area contributed by atoms with E-state index in [4.69, 9.17) is 22.1 Å². The van der Waals surface area contributed by atoms with Crippen molar-refractivity contribution in [3.63, 3.8) is 0 Å². The van der Waals surface area contributed by atoms with E-state index in [-0.39, 0.29) is 16.7 Å². The zero-order chi connectivity index (χ0) is 23.8. The van der Waals surface area contributed by atoms with Gasteiger partial charge in [0.2, 0.25) is 5.91 Å². The summed E-state index contributed by atoms with van der Waals surface area (Å²) in [5.74, 6) is -0.454. The fourth-order valence-corrected chi connectivity index (χ4v) is 4.52. The SMILES string of the molecule is COc1ccc(/C=C2/SC(=O)N(CCCCCC(=O)Nc3cccc(C(=O)O)c3)C2=S)cc1. The number of anilines is 1. The summed E-state index contributed by atoms with van der Waals surface area (Å²) in [6.07, 6.45) is 4.35. The molecule has 0 aromatic heterocycles. The molecule has 0 bridgehead atoms. The standard InChI is InChI=1S/C24H24N2O5S2/c1-31-19-11-9-16(10-12-19)14-20-22(32)26(24(30)33-20)13-4-2-3-8-21(27)25-18-7-5-6-17(15-18)23(28)29/h5-7,9-12,14-15H,2-4,8,13H2,1H3,(H,25,27)(H,28,29)/b20-14+. The molecule has 2 aromatic rings. The van der Waals surface area contributed by atoms with E-state index in [1.165, 1.54) is 12.1 Å². The number of carbonyl (C=O) groups excluding carboxylic acids is 2. The van der Waals surface area contributed by atoms with Crippen molar-refractivity contribution in [1.29, 1.82) is 0 Å². The average molecular weight is 485 g/mol. The number of methoxy groups -OCH3 is 1. The minimum atomic E-state index is -1.04. The van der Waals surface area contributed by atoms with Crippen LogP contribution in [0.5, 0.6) is 5.75 Å². The van der Waals surface area contributed by atoms with Crippen LogP contribution in [0.3, 0.4) is 0 Å². The molecule has 172 valence electrons. The molecular weight excluding hydrogens is 460 g/mol. The van der Waals surface area contributed by atoms with Crippen LogP contribution in [-0.2, 0) is 4.79 Å². The fraction of sp³-hybridized carbons (Fsp3) is 0.250. The predicted molar refractivity (Wildman–Crippen MR) is 134 cm³/mol. The Morgan fingerprint density at radius 2 is 1.91 bits per heavy atom. The lowest BCUT2D eigenvalue weighted by Gasteiger charge is -2.14. The molecule has 0 atom stereocenters. The van der Waals surface area contributed by atoms with Crippen LogP contribution in [0.25, 0.3) is 6.08 Å². The number of nitrogens with zero attached hydrogens (tertiary/aromatic N) is 1. The van der Waals surface area contributed by atoms with Gasteiger partial charge in [-0.2, -0.15) is 0 Å². The number of unbranched alkanes of at least 4 members (excludes halogenated alkanes) is 2. The fourth-order valence-electron chi connectivity index (χ4n) is 3.23. The molecule has 3 rings (SSSR count). The molecule has 0 unspecified atom stereocenters. The molecule has 1 aliphatic heterocycles. The lowest BCUT2D eigenvalue weighted by molar-refractivity contribution is -0.116. The maximum Gasteiger partial charge on any atom is 0.335 e. The molecule has 7 nitrogen and oxygen atoms in total. The Morgan fingerprint density at radius 3 is 2.61 bits per heavy atom. The number of thioether (sulfide) groups is 1. The summed E-state index contributed by atoms with van der Waals surface area (Å²) >= 11 is 6.62. The van der Waals surface area contributed by atoms with E-state index < -0.39 is 5.97 Å². The molecule has 9 heteroatoms. The second-order valence-corrected chi connectivity index (χ2v) is 8.73. The number of hydrogen-bond acceptors (Lipinski definition) is 6. The highest BCUT2D eigenvalue weighted by Gasteiger charge is 2.31. The van der Waals surface area contributed by atoms with E-state index in [9.17, 15) is 14.4 Å². The summed E-state index contributed by atoms with van der Waals surface area (Å²) in [6, 6.07) is 13.7. The summed E-state index contributed by atoms with van der Waals surface area (Å²) in [4.78, 5) is 38.4. The van der Waals surface area contributed by atoms with Crippen molar-refractivity contribution in [3.8, 4) is 5.75 Å². The van der Waals surface area contributed by atoms with Crippen LogP contribution in [-0.4, -0.2) is 45.8 Å². The van der Waals surface area contributed by atoms with Gasteiger partial charge >= 0.3 is 5.97 Å². The molecule has 0 radical (unpaired) electrons. The molecular formula is C24H24N2O5S2. The lowest BCUT2D eigenvalue weighted by atomic mass is 10.1. The van der Waals surface area contributed by atoms with Gasteiger partial charge in [0.15, 0.2) is 0 Å². The van der Waals surface area contributed by atoms with Gasteiger partial charge in [-0.1, -0.05) is 36.8 Å². The molecule has 2 aromatic carbocycles. The average Bonchev–Trinajstić information content (AvgIpc) is 3.06. The van der Waals surface area contributed by atoms with Crippen molar-refractivity contribution in [2.24, 2.45) is 0 Å². The first kappa shape index (κ1) is 24.5. The summed E-state index contributed by atoms with van der Waals surface area (Å²) in [5.41, 5.74) is 1.52. The monoisotopic (exact) mass is 484 g/mol. The van der Waals surface area contributed by atoms with Crippen LogP contribution in [0.4, 0.5) is 10.5 Å². The predicted octanol–water partition coefficient (Wildman–Crippen LogP) is 5.43. The molecule has 2 amide bonds. The number of carbonyl (C=O) groups is 3. The van der Waals surface area contributed by atoms with Crippen molar-refractivity contribution < 1.29 is 24.2 Å². The van der Waals surface area contributed by atoms with Gasteiger partial charge in [0.25, 0.3) is 5.24 Å². The van der Waals surface area contributed by atoms with Gasteiger partial charge in [-0.25, -0.2) is 4.79 Å². The second kappa shape index (κ2) is 11.6. The highest BCUT2D eigenvalue weighted by atomic mass is 32.2. The number of thiocarbonyl (C=S) groups is 1. The Hall–Kier alpha value is -3.17. The third kappa shape index (κ3) is 6.90. The Labute approximate surface area is 201 Å². The van der Waals surface area contributed by atoms with Gasteiger partial charge in [-0.3, -0.25) is 14.5 Å². The van der Waals surface area contributed by atoms with Crippen molar-refractivity contribution in [3.05, 3.63) is 64.6 Å². The summed E-state index contributed by atoms with van der Waals surface area (Å²) < 4.78 is 5.16. The number of amides is 2. The van der Waals surface area contributed by atoms with Gasteiger partial charge in [0.05, 0.1) is 17.6 Å². The topological polar surface area (TPSA) is 95.9 Å². The summed E-state index contributed by atoms with van der Waals surface area (Å²) in [7, 11) is 1.61. The molecule has 0 aliphatic carbocycles. The first-order valence-corrected chi connectivity index (χ1v) is 11.6. The molecule has 1 saturated heterocycles. The normalized spacial score (nSPS) is 14.6. The van der Waals surface area contributed by atoms with E-state index in [1.54, 1.807) is 24.1 Å². The molecule has 1 fully saturated rings. The van der Waals surface area contributed by atoms with Crippen LogP contribution in [0.15, 0.2) is 53.4 Å². The number of nitrogens with one attached hydrogen (secondary N) is 1. The Morgan fingerprint density at radius 1 is 1.15 bits per heavy atom. The van der Waals surface area contributed by atoms with Crippen LogP contribution >= 0.6 is 24.0 Å². The zero-order valence-electron chi connectivity index (χ0n) is 18.1. The van der Waals surface area contributed by atoms with E-state index in [0.717, 1.165) is 40.8 Å². The summed E-state index contributed by atoms with van der Waals surface area (Å²) in [5, 5.41) is 11.6. The number of aromatic carboxylic acids is 1. The Bertz CT molecular complexity index is 1080. The van der Waals surface area contributed by atoms with Gasteiger partial charge < -0.3 is 15.2 Å². The molecule has 0 saturated carbocycles. The van der Waals surface area contributed by atoms with E-state index in [2.05, 4.69) is 5.32 Å². The van der Waals surface area contributed by atoms with Gasteiger partial charge in [0, 0.05) is 18.7 Å². The smallest absolute Gasteiger partial charge is 0.335 e. The minimum Gasteiger partial charge on any atom is -0.497 e. The van der Waals surface area contributed by atoms with Crippen molar-refractivity contribution in [1.82, 2.24) is 4.90 Å². The maximum absolute atomic E-state index is 12.4. The third-order valence-electron chi connectivity index (χ3n) is 4.97. The first-order valence-electron chi connectivity index (χ1n) is 10.4. The second-order valence-electron chi connectivity index (χ2n) is 7.35. The quantitative estimate of drug-likeness (QED) is 0.264. The molecule has 33 heavy (non-hydrogen) atoms. The van der Waals surface area contributed by atoms with Crippen molar-refractivity contribution in [2.75, 3.05) is 19.0 Å². The third-order valence-corrected chi connectivity index (χ3v) is 6.46. The van der Waals surface area contributed by atoms with Crippen molar-refractivity contribution in [2.45, 2.75) is 25.7 Å². The van der Waals surface area contributed by atoms with E-state index in [1.807, 2.05) is 30.3 Å². The first-order chi connectivity index (χ1) is 15.9. The number of ether oxygens (including phenoxy) is 1. The van der Waals surface area contributed by atoms with Crippen LogP contribution < -0.4 is 10.1 Å². The molecule has 1 heterocycles. The number of carboxylic acid groups (broad SMARTS) is 1. The largest absolute Gasteiger partial charge is 0.497 e. The van der Waals surface area contributed by atoms with E-state index in [0.29, 0.717) is 30.1 Å². The molecule has 1 aliphatic rings. The highest BCUT2D eigenvalue weighted by molar-refractivity contribution is 8.19. The van der Waals surface area contributed by atoms with Gasteiger partial charge in [0.1, 0.15) is 10.7 Å². The van der Waals surface area contributed by atoms with Crippen LogP contribution in [0.2, 0.25) is 0 Å². The number of hydrogen-bond donors (Lipinski definition) is 2. The number of benzene rings is 2. The van der Waals surface area contributed by atoms with Crippen molar-refractivity contribution >= 4 is 57.8 Å². The van der Waals surface area contributed by atoms with Crippen LogP contribution in [0.1, 0.15) is 41.6 Å². The summed E-state index contributed by atoms with van der Waals surface area (Å²) in [6.45, 7) is 0.507. The van der Waals surface area contributed by atoms with Gasteiger partial charge in [-0.15, -0.1) is 0 Å². The highest BCUT2D eigenvalue weighted by Crippen LogP contribution is 2.33. The maximum atomic E-state index is 12.4. The number of carboxylic acids is 1.